The number of rotatable bonds is 9. The van der Waals surface area contributed by atoms with E-state index in [1.807, 2.05) is 18.2 Å². The number of carbonyl (C=O) groups excluding carboxylic acids is 4. The van der Waals surface area contributed by atoms with E-state index < -0.39 is 60.7 Å². The second-order valence-electron chi connectivity index (χ2n) is 8.74. The van der Waals surface area contributed by atoms with Crippen LogP contribution in [0.2, 0.25) is 0 Å². The number of hydrogen-bond donors (Lipinski definition) is 1. The minimum Gasteiger partial charge on any atom is -0.489 e. The molecule has 39 heavy (non-hydrogen) atoms. The number of hydrogen-bond acceptors (Lipinski definition) is 11. The Morgan fingerprint density at radius 3 is 2.08 bits per heavy atom. The van der Waals surface area contributed by atoms with E-state index in [4.69, 9.17) is 28.4 Å². The van der Waals surface area contributed by atoms with Crippen LogP contribution in [0.3, 0.4) is 0 Å². The van der Waals surface area contributed by atoms with Crippen molar-refractivity contribution in [3.05, 3.63) is 64.1 Å². The van der Waals surface area contributed by atoms with E-state index >= 15 is 0 Å². The largest absolute Gasteiger partial charge is 0.489 e. The van der Waals surface area contributed by atoms with E-state index in [1.165, 1.54) is 6.07 Å². The maximum atomic E-state index is 12.1. The van der Waals surface area contributed by atoms with Crippen LogP contribution in [-0.2, 0) is 55.3 Å². The first-order valence-corrected chi connectivity index (χ1v) is 12.7. The molecule has 11 nitrogen and oxygen atoms in total. The zero-order valence-electron chi connectivity index (χ0n) is 21.8. The molecular formula is C27H29BrO11. The summed E-state index contributed by atoms with van der Waals surface area (Å²) in [6.45, 7) is 4.09. The normalized spacial score (nSPS) is 24.3. The molecule has 1 N–H and O–H groups in total. The van der Waals surface area contributed by atoms with Crippen molar-refractivity contribution in [2.75, 3.05) is 6.61 Å². The highest BCUT2D eigenvalue weighted by molar-refractivity contribution is 9.10. The van der Waals surface area contributed by atoms with Crippen molar-refractivity contribution in [1.82, 2.24) is 0 Å². The number of para-hydroxylation sites is 1. The SMILES string of the molecule is CC(=O)OC[C@H]1O[C@@](O)(c2ccc(Br)c(COc3ccccc3)c2)[C@H](OC(C)=O)[C@@H](OC(C)=O)[C@@H]1OC(C)=O. The lowest BCUT2D eigenvalue weighted by atomic mass is 9.87. The molecule has 0 unspecified atom stereocenters. The molecule has 0 saturated carbocycles. The number of benzene rings is 2. The number of halogens is 1. The van der Waals surface area contributed by atoms with Gasteiger partial charge in [0, 0.05) is 43.3 Å². The van der Waals surface area contributed by atoms with Gasteiger partial charge in [0.25, 0.3) is 0 Å². The summed E-state index contributed by atoms with van der Waals surface area (Å²) in [5.41, 5.74) is 0.701. The van der Waals surface area contributed by atoms with Crippen LogP contribution in [0.25, 0.3) is 0 Å². The van der Waals surface area contributed by atoms with E-state index in [0.717, 1.165) is 27.7 Å². The van der Waals surface area contributed by atoms with Gasteiger partial charge in [0.05, 0.1) is 0 Å². The first-order chi connectivity index (χ1) is 18.4. The molecule has 0 amide bonds. The fourth-order valence-corrected chi connectivity index (χ4v) is 4.46. The van der Waals surface area contributed by atoms with Crippen molar-refractivity contribution < 1.29 is 52.7 Å². The first-order valence-electron chi connectivity index (χ1n) is 11.9. The highest BCUT2D eigenvalue weighted by Crippen LogP contribution is 2.42. The van der Waals surface area contributed by atoms with Crippen LogP contribution in [0.5, 0.6) is 5.75 Å². The van der Waals surface area contributed by atoms with Crippen LogP contribution in [0.4, 0.5) is 0 Å². The van der Waals surface area contributed by atoms with Gasteiger partial charge in [0.1, 0.15) is 25.1 Å². The quantitative estimate of drug-likeness (QED) is 0.331. The van der Waals surface area contributed by atoms with Crippen LogP contribution < -0.4 is 4.74 Å². The summed E-state index contributed by atoms with van der Waals surface area (Å²) in [4.78, 5) is 47.7. The van der Waals surface area contributed by atoms with E-state index in [2.05, 4.69) is 15.9 Å². The summed E-state index contributed by atoms with van der Waals surface area (Å²) in [5.74, 6) is -4.90. The van der Waals surface area contributed by atoms with E-state index in [0.29, 0.717) is 15.8 Å². The third-order valence-electron chi connectivity index (χ3n) is 5.65. The minimum absolute atomic E-state index is 0.0903. The van der Waals surface area contributed by atoms with Crippen molar-refractivity contribution in [3.63, 3.8) is 0 Å². The fraction of sp³-hybridized carbons (Fsp3) is 0.407. The minimum atomic E-state index is -2.44. The van der Waals surface area contributed by atoms with Gasteiger partial charge in [0.15, 0.2) is 12.2 Å². The lowest BCUT2D eigenvalue weighted by Crippen LogP contribution is -2.66. The number of carbonyl (C=O) groups is 4. The summed E-state index contributed by atoms with van der Waals surface area (Å²) < 4.78 is 33.8. The fourth-order valence-electron chi connectivity index (χ4n) is 4.10. The molecular weight excluding hydrogens is 580 g/mol. The van der Waals surface area contributed by atoms with Crippen LogP contribution >= 0.6 is 15.9 Å². The van der Waals surface area contributed by atoms with E-state index in [-0.39, 0.29) is 12.2 Å². The van der Waals surface area contributed by atoms with Crippen molar-refractivity contribution in [3.8, 4) is 5.75 Å². The lowest BCUT2D eigenvalue weighted by Gasteiger charge is -2.48. The molecule has 0 bridgehead atoms. The van der Waals surface area contributed by atoms with Gasteiger partial charge in [-0.1, -0.05) is 40.2 Å². The predicted molar refractivity (Wildman–Crippen MR) is 137 cm³/mol. The van der Waals surface area contributed by atoms with Gasteiger partial charge < -0.3 is 33.5 Å². The van der Waals surface area contributed by atoms with Gasteiger partial charge >= 0.3 is 23.9 Å². The van der Waals surface area contributed by atoms with Gasteiger partial charge in [-0.25, -0.2) is 0 Å². The predicted octanol–water partition coefficient (Wildman–Crippen LogP) is 2.93. The number of aliphatic hydroxyl groups is 1. The zero-order valence-corrected chi connectivity index (χ0v) is 23.3. The molecule has 210 valence electrons. The highest BCUT2D eigenvalue weighted by Gasteiger charge is 2.60. The Kier molecular flexibility index (Phi) is 10.1. The van der Waals surface area contributed by atoms with Crippen LogP contribution in [0, 0.1) is 0 Å². The van der Waals surface area contributed by atoms with E-state index in [1.54, 1.807) is 24.3 Å². The molecule has 3 rings (SSSR count). The third kappa shape index (κ3) is 7.78. The number of ether oxygens (including phenoxy) is 6. The Labute approximate surface area is 233 Å². The maximum absolute atomic E-state index is 12.1. The van der Waals surface area contributed by atoms with Crippen LogP contribution in [0.1, 0.15) is 38.8 Å². The van der Waals surface area contributed by atoms with E-state index in [9.17, 15) is 24.3 Å². The third-order valence-corrected chi connectivity index (χ3v) is 6.42. The standard InChI is InChI=1S/C27H29BrO11/c1-15(29)34-14-23-24(36-16(2)30)25(37-17(3)31)26(38-18(4)32)27(33,39-23)20-10-11-22(28)19(12-20)13-35-21-8-6-5-7-9-21/h5-12,23-26,33H,13-14H2,1-4H3/t23-,24-,25+,26-,27+/m1/s1. The topological polar surface area (TPSA) is 144 Å². The zero-order chi connectivity index (χ0) is 28.7. The Morgan fingerprint density at radius 2 is 1.49 bits per heavy atom. The maximum Gasteiger partial charge on any atom is 0.303 e. The molecule has 5 atom stereocenters. The molecule has 1 saturated heterocycles. The van der Waals surface area contributed by atoms with Gasteiger partial charge in [0.2, 0.25) is 11.9 Å². The second-order valence-corrected chi connectivity index (χ2v) is 9.60. The van der Waals surface area contributed by atoms with Crippen molar-refractivity contribution in [1.29, 1.82) is 0 Å². The van der Waals surface area contributed by atoms with Gasteiger partial charge in [-0.05, 0) is 24.3 Å². The van der Waals surface area contributed by atoms with Crippen LogP contribution in [0.15, 0.2) is 53.0 Å². The molecule has 0 spiro atoms. The Morgan fingerprint density at radius 1 is 0.872 bits per heavy atom. The molecule has 1 aliphatic heterocycles. The lowest BCUT2D eigenvalue weighted by molar-refractivity contribution is -0.360. The molecule has 0 radical (unpaired) electrons. The van der Waals surface area contributed by atoms with Gasteiger partial charge in [-0.3, -0.25) is 19.2 Å². The molecule has 1 fully saturated rings. The molecule has 12 heteroatoms. The Balaban J connectivity index is 2.09. The average Bonchev–Trinajstić information content (AvgIpc) is 2.86. The average molecular weight is 609 g/mol. The van der Waals surface area contributed by atoms with Gasteiger partial charge in [-0.15, -0.1) is 0 Å². The molecule has 1 aliphatic rings. The first kappa shape index (κ1) is 30.1. The summed E-state index contributed by atoms with van der Waals surface area (Å²) in [6.07, 6.45) is -5.92. The smallest absolute Gasteiger partial charge is 0.303 e. The molecule has 2 aromatic carbocycles. The number of esters is 4. The molecule has 0 aliphatic carbocycles. The van der Waals surface area contributed by atoms with Crippen molar-refractivity contribution in [2.24, 2.45) is 0 Å². The Bertz CT molecular complexity index is 1200. The molecule has 1 heterocycles. The summed E-state index contributed by atoms with van der Waals surface area (Å²) in [5, 5.41) is 12.0. The second kappa shape index (κ2) is 13.0. The summed E-state index contributed by atoms with van der Waals surface area (Å²) >= 11 is 3.46. The highest BCUT2D eigenvalue weighted by atomic mass is 79.9. The van der Waals surface area contributed by atoms with Crippen molar-refractivity contribution >= 4 is 39.8 Å². The monoisotopic (exact) mass is 608 g/mol. The van der Waals surface area contributed by atoms with Crippen LogP contribution in [-0.4, -0.2) is 60.0 Å². The Hall–Kier alpha value is -3.48. The summed E-state index contributed by atoms with van der Waals surface area (Å²) in [6, 6.07) is 13.8. The summed E-state index contributed by atoms with van der Waals surface area (Å²) in [7, 11) is 0. The molecule has 0 aromatic heterocycles. The van der Waals surface area contributed by atoms with Gasteiger partial charge in [-0.2, -0.15) is 0 Å². The van der Waals surface area contributed by atoms with Crippen molar-refractivity contribution in [2.45, 2.75) is 64.5 Å². The molecule has 2 aromatic rings.